The highest BCUT2D eigenvalue weighted by Gasteiger charge is 2.20. The molecule has 0 spiro atoms. The molecular weight excluding hydrogens is 380 g/mol. The van der Waals surface area contributed by atoms with Crippen LogP contribution in [0.5, 0.6) is 5.75 Å². The first-order valence-electron chi connectivity index (χ1n) is 8.49. The minimum absolute atomic E-state index is 0.0664. The fourth-order valence-electron chi connectivity index (χ4n) is 2.59. The van der Waals surface area contributed by atoms with E-state index in [9.17, 15) is 14.9 Å². The lowest BCUT2D eigenvalue weighted by Gasteiger charge is -2.16. The van der Waals surface area contributed by atoms with Crippen molar-refractivity contribution in [3.63, 3.8) is 0 Å². The Balaban J connectivity index is 1.75. The number of esters is 1. The predicted octanol–water partition coefficient (Wildman–Crippen LogP) is 3.08. The van der Waals surface area contributed by atoms with E-state index in [1.54, 1.807) is 50.4 Å². The van der Waals surface area contributed by atoms with E-state index in [0.717, 1.165) is 0 Å². The van der Waals surface area contributed by atoms with Gasteiger partial charge in [0.15, 0.2) is 6.61 Å². The number of nitro groups is 1. The zero-order valence-electron chi connectivity index (χ0n) is 16.0. The number of non-ortho nitro benzene ring substituents is 1. The first-order valence-corrected chi connectivity index (χ1v) is 8.49. The number of carbonyl (C=O) groups is 1. The van der Waals surface area contributed by atoms with Crippen molar-refractivity contribution in [2.45, 2.75) is 6.61 Å². The molecule has 0 aliphatic heterocycles. The maximum Gasteiger partial charge on any atom is 0.341 e. The average Bonchev–Trinajstić information content (AvgIpc) is 3.20. The number of nitro benzene ring substituents is 1. The molecule has 2 aromatic carbocycles. The molecule has 10 heteroatoms. The number of anilines is 1. The number of carbonyl (C=O) groups excluding carboxylic acids is 1. The molecule has 0 bridgehead atoms. The van der Waals surface area contributed by atoms with E-state index in [4.69, 9.17) is 14.0 Å². The van der Waals surface area contributed by atoms with Crippen LogP contribution in [0.25, 0.3) is 11.4 Å². The molecule has 3 rings (SSSR count). The van der Waals surface area contributed by atoms with Gasteiger partial charge in [0, 0.05) is 31.8 Å². The minimum Gasteiger partial charge on any atom is -0.497 e. The number of nitrogens with zero attached hydrogens (tertiary/aromatic N) is 4. The van der Waals surface area contributed by atoms with E-state index in [2.05, 4.69) is 10.1 Å². The van der Waals surface area contributed by atoms with Gasteiger partial charge in [0.2, 0.25) is 5.82 Å². The second-order valence-corrected chi connectivity index (χ2v) is 6.17. The summed E-state index contributed by atoms with van der Waals surface area (Å²) in [6.45, 7) is -0.272. The summed E-state index contributed by atoms with van der Waals surface area (Å²) >= 11 is 0. The molecule has 150 valence electrons. The average molecular weight is 398 g/mol. The highest BCUT2D eigenvalue weighted by Crippen LogP contribution is 2.26. The number of hydrogen-bond donors (Lipinski definition) is 0. The lowest BCUT2D eigenvalue weighted by molar-refractivity contribution is -0.384. The van der Waals surface area contributed by atoms with Gasteiger partial charge in [-0.2, -0.15) is 4.98 Å². The predicted molar refractivity (Wildman–Crippen MR) is 103 cm³/mol. The van der Waals surface area contributed by atoms with Gasteiger partial charge >= 0.3 is 5.97 Å². The molecule has 0 aliphatic rings. The molecule has 1 aromatic heterocycles. The lowest BCUT2D eigenvalue weighted by Crippen LogP contribution is -2.16. The third-order valence-electron chi connectivity index (χ3n) is 4.02. The van der Waals surface area contributed by atoms with Crippen molar-refractivity contribution in [2.75, 3.05) is 26.1 Å². The third-order valence-corrected chi connectivity index (χ3v) is 4.02. The largest absolute Gasteiger partial charge is 0.497 e. The van der Waals surface area contributed by atoms with Crippen molar-refractivity contribution >= 4 is 17.3 Å². The molecule has 1 heterocycles. The number of rotatable bonds is 7. The van der Waals surface area contributed by atoms with E-state index in [0.29, 0.717) is 22.8 Å². The standard InChI is InChI=1S/C19H18N4O6/c1-22(2)16-8-7-13(23(25)26)10-15(16)19(24)28-11-17-20-18(21-29-17)12-5-4-6-14(9-12)27-3/h4-10H,11H2,1-3H3. The van der Waals surface area contributed by atoms with E-state index >= 15 is 0 Å². The van der Waals surface area contributed by atoms with Crippen LogP contribution in [0.1, 0.15) is 16.2 Å². The zero-order valence-corrected chi connectivity index (χ0v) is 16.0. The molecule has 0 aliphatic carbocycles. The molecule has 0 amide bonds. The highest BCUT2D eigenvalue weighted by atomic mass is 16.6. The van der Waals surface area contributed by atoms with Gasteiger partial charge < -0.3 is 18.9 Å². The normalized spacial score (nSPS) is 10.4. The van der Waals surface area contributed by atoms with Crippen LogP contribution < -0.4 is 9.64 Å². The number of methoxy groups -OCH3 is 1. The van der Waals surface area contributed by atoms with Crippen LogP contribution in [0.2, 0.25) is 0 Å². The number of benzene rings is 2. The van der Waals surface area contributed by atoms with Gasteiger partial charge in [-0.25, -0.2) is 4.79 Å². The molecule has 10 nitrogen and oxygen atoms in total. The van der Waals surface area contributed by atoms with E-state index in [1.807, 2.05) is 0 Å². The van der Waals surface area contributed by atoms with E-state index in [1.165, 1.54) is 18.2 Å². The summed E-state index contributed by atoms with van der Waals surface area (Å²) in [7, 11) is 4.99. The molecule has 0 fully saturated rings. The summed E-state index contributed by atoms with van der Waals surface area (Å²) in [6.07, 6.45) is 0. The van der Waals surface area contributed by atoms with Gasteiger partial charge in [-0.05, 0) is 18.2 Å². The Morgan fingerprint density at radius 3 is 2.72 bits per heavy atom. The Morgan fingerprint density at radius 1 is 1.24 bits per heavy atom. The molecular formula is C19H18N4O6. The van der Waals surface area contributed by atoms with Crippen molar-refractivity contribution < 1.29 is 23.7 Å². The molecule has 0 unspecified atom stereocenters. The summed E-state index contributed by atoms with van der Waals surface area (Å²) in [6, 6.07) is 11.1. The van der Waals surface area contributed by atoms with Gasteiger partial charge in [0.05, 0.1) is 23.3 Å². The zero-order chi connectivity index (χ0) is 21.0. The molecule has 0 N–H and O–H groups in total. The number of aromatic nitrogens is 2. The first-order chi connectivity index (χ1) is 13.9. The van der Waals surface area contributed by atoms with Crippen molar-refractivity contribution in [1.29, 1.82) is 0 Å². The highest BCUT2D eigenvalue weighted by molar-refractivity contribution is 5.96. The smallest absolute Gasteiger partial charge is 0.341 e. The third kappa shape index (κ3) is 4.49. The second-order valence-electron chi connectivity index (χ2n) is 6.17. The maximum absolute atomic E-state index is 12.5. The van der Waals surface area contributed by atoms with E-state index < -0.39 is 10.9 Å². The van der Waals surface area contributed by atoms with Gasteiger partial charge in [0.25, 0.3) is 11.6 Å². The molecule has 0 saturated heterocycles. The van der Waals surface area contributed by atoms with Gasteiger partial charge in [-0.3, -0.25) is 10.1 Å². The first kappa shape index (κ1) is 19.8. The van der Waals surface area contributed by atoms with Crippen LogP contribution in [0.4, 0.5) is 11.4 Å². The topological polar surface area (TPSA) is 121 Å². The Bertz CT molecular complexity index is 1050. The van der Waals surface area contributed by atoms with Gasteiger partial charge in [-0.15, -0.1) is 0 Å². The molecule has 0 atom stereocenters. The van der Waals surface area contributed by atoms with Crippen LogP contribution in [-0.4, -0.2) is 42.2 Å². The quantitative estimate of drug-likeness (QED) is 0.336. The van der Waals surface area contributed by atoms with Crippen LogP contribution in [0, 0.1) is 10.1 Å². The van der Waals surface area contributed by atoms with Crippen molar-refractivity contribution in [2.24, 2.45) is 0 Å². The van der Waals surface area contributed by atoms with Crippen molar-refractivity contribution in [3.05, 3.63) is 64.0 Å². The Labute approximate surface area is 165 Å². The SMILES string of the molecule is COc1cccc(-c2noc(COC(=O)c3cc([N+](=O)[O-])ccc3N(C)C)n2)c1. The summed E-state index contributed by atoms with van der Waals surface area (Å²) < 4.78 is 15.5. The molecule has 3 aromatic rings. The molecule has 29 heavy (non-hydrogen) atoms. The Morgan fingerprint density at radius 2 is 2.03 bits per heavy atom. The fourth-order valence-corrected chi connectivity index (χ4v) is 2.59. The number of hydrogen-bond acceptors (Lipinski definition) is 9. The summed E-state index contributed by atoms with van der Waals surface area (Å²) in [5.41, 5.74) is 1.03. The maximum atomic E-state index is 12.5. The van der Waals surface area contributed by atoms with Crippen LogP contribution in [0.3, 0.4) is 0 Å². The fraction of sp³-hybridized carbons (Fsp3) is 0.211. The number of ether oxygens (including phenoxy) is 2. The molecule has 0 radical (unpaired) electrons. The molecule has 0 saturated carbocycles. The summed E-state index contributed by atoms with van der Waals surface area (Å²) in [5, 5.41) is 14.9. The van der Waals surface area contributed by atoms with Crippen molar-refractivity contribution in [1.82, 2.24) is 10.1 Å². The van der Waals surface area contributed by atoms with Gasteiger partial charge in [0.1, 0.15) is 5.75 Å². The monoisotopic (exact) mass is 398 g/mol. The van der Waals surface area contributed by atoms with Crippen LogP contribution in [-0.2, 0) is 11.3 Å². The van der Waals surface area contributed by atoms with Crippen molar-refractivity contribution in [3.8, 4) is 17.1 Å². The minimum atomic E-state index is -0.737. The van der Waals surface area contributed by atoms with Gasteiger partial charge in [-0.1, -0.05) is 17.3 Å². The Hall–Kier alpha value is -3.95. The van der Waals surface area contributed by atoms with Crippen LogP contribution in [0.15, 0.2) is 47.0 Å². The lowest BCUT2D eigenvalue weighted by atomic mass is 10.1. The Kier molecular flexibility index (Phi) is 5.72. The summed E-state index contributed by atoms with van der Waals surface area (Å²) in [5.74, 6) is 0.313. The van der Waals surface area contributed by atoms with Crippen LogP contribution >= 0.6 is 0 Å². The summed E-state index contributed by atoms with van der Waals surface area (Å²) in [4.78, 5) is 28.8. The second kappa shape index (κ2) is 8.38. The van der Waals surface area contributed by atoms with E-state index in [-0.39, 0.29) is 23.7 Å².